The lowest BCUT2D eigenvalue weighted by Crippen LogP contribution is -2.11. The van der Waals surface area contributed by atoms with Crippen LogP contribution >= 0.6 is 11.6 Å². The van der Waals surface area contributed by atoms with Gasteiger partial charge in [-0.25, -0.2) is 0 Å². The van der Waals surface area contributed by atoms with E-state index in [2.05, 4.69) is 24.5 Å². The van der Waals surface area contributed by atoms with Crippen LogP contribution in [0, 0.1) is 12.8 Å². The minimum atomic E-state index is -0.107. The molecule has 0 aliphatic heterocycles. The molecule has 4 heteroatoms. The molecule has 1 fully saturated rings. The molecule has 0 amide bonds. The molecule has 24 heavy (non-hydrogen) atoms. The van der Waals surface area contributed by atoms with Gasteiger partial charge in [0.15, 0.2) is 5.75 Å². The smallest absolute Gasteiger partial charge is 0.224 e. The fraction of sp³-hybridized carbons (Fsp3) is 0.350. The summed E-state index contributed by atoms with van der Waals surface area (Å²) >= 11 is 5.98. The summed E-state index contributed by atoms with van der Waals surface area (Å²) in [5.41, 5.74) is 1.74. The van der Waals surface area contributed by atoms with Crippen molar-refractivity contribution in [3.63, 3.8) is 0 Å². The maximum absolute atomic E-state index is 12.5. The van der Waals surface area contributed by atoms with E-state index in [0.29, 0.717) is 28.5 Å². The molecule has 1 heterocycles. The second-order valence-corrected chi connectivity index (χ2v) is 7.12. The summed E-state index contributed by atoms with van der Waals surface area (Å²) in [5, 5.41) is 0.657. The summed E-state index contributed by atoms with van der Waals surface area (Å²) < 4.78 is 8.03. The van der Waals surface area contributed by atoms with Gasteiger partial charge in [0, 0.05) is 22.8 Å². The highest BCUT2D eigenvalue weighted by Crippen LogP contribution is 2.37. The van der Waals surface area contributed by atoms with E-state index in [9.17, 15) is 4.79 Å². The van der Waals surface area contributed by atoms with Crippen LogP contribution in [0.15, 0.2) is 41.3 Å². The number of pyridine rings is 1. The number of aryl methyl sites for hydroxylation is 1. The Kier molecular flexibility index (Phi) is 4.81. The summed E-state index contributed by atoms with van der Waals surface area (Å²) in [7, 11) is 0. The number of hydrogen-bond donors (Lipinski definition) is 0. The summed E-state index contributed by atoms with van der Waals surface area (Å²) in [4.78, 5) is 12.5. The van der Waals surface area contributed by atoms with Crippen molar-refractivity contribution in [3.8, 4) is 11.5 Å². The van der Waals surface area contributed by atoms with Gasteiger partial charge in [0.1, 0.15) is 5.75 Å². The van der Waals surface area contributed by atoms with Gasteiger partial charge < -0.3 is 9.30 Å². The van der Waals surface area contributed by atoms with Crippen molar-refractivity contribution >= 4 is 17.7 Å². The van der Waals surface area contributed by atoms with Gasteiger partial charge in [-0.05, 0) is 55.5 Å². The average Bonchev–Trinajstić information content (AvgIpc) is 3.34. The number of rotatable bonds is 5. The molecular weight excluding hydrogens is 322 g/mol. The summed E-state index contributed by atoms with van der Waals surface area (Å²) in [6.45, 7) is 6.16. The lowest BCUT2D eigenvalue weighted by Gasteiger charge is -2.14. The number of ether oxygens (including phenoxy) is 1. The Hall–Kier alpha value is -2.00. The Labute approximate surface area is 147 Å². The second kappa shape index (κ2) is 6.86. The summed E-state index contributed by atoms with van der Waals surface area (Å²) in [6.07, 6.45) is 8.27. The first-order chi connectivity index (χ1) is 11.4. The largest absolute Gasteiger partial charge is 0.451 e. The SMILES string of the molecule is Cc1cc(Cl)ccc1Oc1cn(C2CC2)c(C=CC(C)C)cc1=O. The van der Waals surface area contributed by atoms with Gasteiger partial charge in [0.25, 0.3) is 0 Å². The van der Waals surface area contributed by atoms with Gasteiger partial charge in [-0.2, -0.15) is 0 Å². The molecule has 1 aliphatic rings. The molecule has 0 bridgehead atoms. The van der Waals surface area contributed by atoms with Crippen LogP contribution in [0.25, 0.3) is 6.08 Å². The van der Waals surface area contributed by atoms with Crippen molar-refractivity contribution in [1.29, 1.82) is 0 Å². The number of allylic oxidation sites excluding steroid dienone is 1. The standard InChI is InChI=1S/C20H22ClNO2/c1-13(2)4-6-17-11-18(23)20(12-22(17)16-7-8-16)24-19-9-5-15(21)10-14(19)3/h4-6,9-13,16H,7-8H2,1-3H3. The van der Waals surface area contributed by atoms with Crippen molar-refractivity contribution in [1.82, 2.24) is 4.57 Å². The van der Waals surface area contributed by atoms with Crippen LogP contribution in [0.5, 0.6) is 11.5 Å². The first kappa shape index (κ1) is 16.8. The lowest BCUT2D eigenvalue weighted by atomic mass is 10.2. The molecule has 3 rings (SSSR count). The van der Waals surface area contributed by atoms with E-state index in [4.69, 9.17) is 16.3 Å². The minimum absolute atomic E-state index is 0.107. The molecule has 1 aromatic heterocycles. The number of benzene rings is 1. The molecule has 1 saturated carbocycles. The van der Waals surface area contributed by atoms with E-state index < -0.39 is 0 Å². The van der Waals surface area contributed by atoms with E-state index >= 15 is 0 Å². The van der Waals surface area contributed by atoms with Crippen LogP contribution in [0.1, 0.15) is 44.0 Å². The van der Waals surface area contributed by atoms with Crippen molar-refractivity contribution in [3.05, 3.63) is 63.0 Å². The lowest BCUT2D eigenvalue weighted by molar-refractivity contribution is 0.465. The first-order valence-electron chi connectivity index (χ1n) is 8.32. The van der Waals surface area contributed by atoms with Crippen molar-refractivity contribution in [2.75, 3.05) is 0 Å². The summed E-state index contributed by atoms with van der Waals surface area (Å²) in [6, 6.07) is 7.52. The van der Waals surface area contributed by atoms with E-state index in [1.807, 2.05) is 25.3 Å². The molecule has 0 unspecified atom stereocenters. The minimum Gasteiger partial charge on any atom is -0.451 e. The first-order valence-corrected chi connectivity index (χ1v) is 8.70. The highest BCUT2D eigenvalue weighted by Gasteiger charge is 2.25. The highest BCUT2D eigenvalue weighted by atomic mass is 35.5. The van der Waals surface area contributed by atoms with Gasteiger partial charge in [0.2, 0.25) is 5.43 Å². The molecule has 0 atom stereocenters. The highest BCUT2D eigenvalue weighted by molar-refractivity contribution is 6.30. The van der Waals surface area contributed by atoms with Crippen LogP contribution in [0.2, 0.25) is 5.02 Å². The van der Waals surface area contributed by atoms with Crippen molar-refractivity contribution in [2.45, 2.75) is 39.7 Å². The third-order valence-corrected chi connectivity index (χ3v) is 4.26. The summed E-state index contributed by atoms with van der Waals surface area (Å²) in [5.74, 6) is 1.46. The molecule has 0 saturated heterocycles. The van der Waals surface area contributed by atoms with Gasteiger partial charge in [-0.3, -0.25) is 4.79 Å². The molecular formula is C20H22ClNO2. The van der Waals surface area contributed by atoms with Crippen LogP contribution in [0.4, 0.5) is 0 Å². The predicted molar refractivity (Wildman–Crippen MR) is 99.1 cm³/mol. The number of halogens is 1. The zero-order valence-corrected chi connectivity index (χ0v) is 15.0. The normalized spacial score (nSPS) is 14.5. The van der Waals surface area contributed by atoms with E-state index in [-0.39, 0.29) is 5.43 Å². The topological polar surface area (TPSA) is 31.2 Å². The molecule has 1 aliphatic carbocycles. The zero-order valence-electron chi connectivity index (χ0n) is 14.3. The monoisotopic (exact) mass is 343 g/mol. The fourth-order valence-electron chi connectivity index (χ4n) is 2.56. The molecule has 2 aromatic rings. The Balaban J connectivity index is 1.97. The molecule has 3 nitrogen and oxygen atoms in total. The Morgan fingerprint density at radius 2 is 2.00 bits per heavy atom. The van der Waals surface area contributed by atoms with Gasteiger partial charge in [-0.15, -0.1) is 0 Å². The van der Waals surface area contributed by atoms with E-state index in [1.54, 1.807) is 18.2 Å². The van der Waals surface area contributed by atoms with Crippen LogP contribution < -0.4 is 10.2 Å². The quantitative estimate of drug-likeness (QED) is 0.706. The van der Waals surface area contributed by atoms with Crippen molar-refractivity contribution in [2.24, 2.45) is 5.92 Å². The average molecular weight is 344 g/mol. The third-order valence-electron chi connectivity index (χ3n) is 4.03. The molecule has 0 N–H and O–H groups in total. The Morgan fingerprint density at radius 3 is 2.62 bits per heavy atom. The van der Waals surface area contributed by atoms with Gasteiger partial charge >= 0.3 is 0 Å². The Bertz CT molecular complexity index is 832. The van der Waals surface area contributed by atoms with Crippen LogP contribution in [-0.4, -0.2) is 4.57 Å². The van der Waals surface area contributed by atoms with Crippen LogP contribution in [0.3, 0.4) is 0 Å². The van der Waals surface area contributed by atoms with Gasteiger partial charge in [0.05, 0.1) is 6.20 Å². The number of nitrogens with zero attached hydrogens (tertiary/aromatic N) is 1. The zero-order chi connectivity index (χ0) is 17.3. The molecule has 126 valence electrons. The van der Waals surface area contributed by atoms with Gasteiger partial charge in [-0.1, -0.05) is 31.5 Å². The van der Waals surface area contributed by atoms with Crippen molar-refractivity contribution < 1.29 is 4.74 Å². The third kappa shape index (κ3) is 3.90. The number of aromatic nitrogens is 1. The van der Waals surface area contributed by atoms with E-state index in [1.165, 1.54) is 0 Å². The maximum Gasteiger partial charge on any atom is 0.224 e. The predicted octanol–water partition coefficient (Wildman–Crippen LogP) is 5.61. The fourth-order valence-corrected chi connectivity index (χ4v) is 2.79. The second-order valence-electron chi connectivity index (χ2n) is 6.68. The molecule has 0 radical (unpaired) electrons. The number of hydrogen-bond acceptors (Lipinski definition) is 2. The molecule has 0 spiro atoms. The maximum atomic E-state index is 12.5. The molecule has 1 aromatic carbocycles. The van der Waals surface area contributed by atoms with Crippen LogP contribution in [-0.2, 0) is 0 Å². The van der Waals surface area contributed by atoms with E-state index in [0.717, 1.165) is 24.1 Å². The Morgan fingerprint density at radius 1 is 1.25 bits per heavy atom.